The Morgan fingerprint density at radius 3 is 2.55 bits per heavy atom. The van der Waals surface area contributed by atoms with Crippen molar-refractivity contribution in [1.29, 1.82) is 0 Å². The first kappa shape index (κ1) is 26.5. The van der Waals surface area contributed by atoms with Gasteiger partial charge in [-0.15, -0.1) is 11.3 Å². The third-order valence-electron chi connectivity index (χ3n) is 7.38. The maximum Gasteiger partial charge on any atom is 0.219 e. The average Bonchev–Trinajstić information content (AvgIpc) is 3.32. The number of nitrogens with zero attached hydrogens (tertiary/aromatic N) is 4. The molecule has 206 valence electrons. The second-order valence-electron chi connectivity index (χ2n) is 10.7. The minimum atomic E-state index is -0.529. The minimum absolute atomic E-state index is 0.0289. The molecule has 2 saturated heterocycles. The van der Waals surface area contributed by atoms with Gasteiger partial charge in [0.1, 0.15) is 11.5 Å². The molecule has 8 nitrogen and oxygen atoms in total. The summed E-state index contributed by atoms with van der Waals surface area (Å²) in [7, 11) is 0. The van der Waals surface area contributed by atoms with Crippen molar-refractivity contribution in [1.82, 2.24) is 19.8 Å². The summed E-state index contributed by atoms with van der Waals surface area (Å²) in [5, 5.41) is 0. The maximum atomic E-state index is 15.0. The number of hydrogen-bond donors (Lipinski definition) is 1. The largest absolute Gasteiger partial charge is 0.453 e. The van der Waals surface area contributed by atoms with Gasteiger partial charge in [-0.3, -0.25) is 24.5 Å². The van der Waals surface area contributed by atoms with Gasteiger partial charge >= 0.3 is 0 Å². The number of halogens is 1. The normalized spacial score (nSPS) is 16.1. The molecule has 1 amide bonds. The summed E-state index contributed by atoms with van der Waals surface area (Å²) < 4.78 is 21.8. The number of rotatable bonds is 9. The van der Waals surface area contributed by atoms with E-state index < -0.39 is 5.82 Å². The van der Waals surface area contributed by atoms with Crippen molar-refractivity contribution in [2.24, 2.45) is 11.7 Å². The molecule has 3 aromatic heterocycles. The number of ketones is 1. The van der Waals surface area contributed by atoms with Crippen LogP contribution in [0.2, 0.25) is 0 Å². The molecule has 2 fully saturated rings. The quantitative estimate of drug-likeness (QED) is 0.324. The number of carbonyl (C=O) groups excluding carboxylic acids is 2. The zero-order valence-electron chi connectivity index (χ0n) is 22.2. The van der Waals surface area contributed by atoms with Crippen molar-refractivity contribution in [3.05, 3.63) is 71.8 Å². The van der Waals surface area contributed by atoms with Gasteiger partial charge in [0.25, 0.3) is 0 Å². The van der Waals surface area contributed by atoms with Crippen LogP contribution in [0.3, 0.4) is 0 Å². The second-order valence-corrected chi connectivity index (χ2v) is 11.8. The highest BCUT2D eigenvalue weighted by Gasteiger charge is 2.30. The molecule has 10 heteroatoms. The van der Waals surface area contributed by atoms with Gasteiger partial charge in [-0.1, -0.05) is 12.1 Å². The van der Waals surface area contributed by atoms with Crippen molar-refractivity contribution in [2.45, 2.75) is 32.4 Å². The summed E-state index contributed by atoms with van der Waals surface area (Å²) in [6.45, 7) is 5.42. The van der Waals surface area contributed by atoms with Crippen molar-refractivity contribution in [3.8, 4) is 22.1 Å². The Kier molecular flexibility index (Phi) is 7.31. The molecule has 0 bridgehead atoms. The summed E-state index contributed by atoms with van der Waals surface area (Å²) in [4.78, 5) is 37.9. The summed E-state index contributed by atoms with van der Waals surface area (Å²) in [6.07, 6.45) is 4.08. The third kappa shape index (κ3) is 5.74. The van der Waals surface area contributed by atoms with Crippen LogP contribution in [0.5, 0.6) is 11.5 Å². The monoisotopic (exact) mass is 559 g/mol. The zero-order chi connectivity index (χ0) is 27.8. The van der Waals surface area contributed by atoms with Crippen LogP contribution in [-0.4, -0.2) is 63.7 Å². The molecule has 2 N–H and O–H groups in total. The van der Waals surface area contributed by atoms with Gasteiger partial charge in [-0.2, -0.15) is 0 Å². The molecule has 1 aromatic carbocycles. The van der Waals surface area contributed by atoms with E-state index in [9.17, 15) is 9.59 Å². The van der Waals surface area contributed by atoms with Gasteiger partial charge in [-0.25, -0.2) is 4.39 Å². The molecular formula is C30H30FN5O3S. The van der Waals surface area contributed by atoms with Gasteiger partial charge in [0.15, 0.2) is 11.6 Å². The number of amides is 1. The first-order chi connectivity index (χ1) is 19.3. The molecule has 0 unspecified atom stereocenters. The molecule has 4 aromatic rings. The van der Waals surface area contributed by atoms with Crippen LogP contribution < -0.4 is 10.5 Å². The highest BCUT2D eigenvalue weighted by atomic mass is 32.1. The van der Waals surface area contributed by atoms with Crippen molar-refractivity contribution < 1.29 is 18.7 Å². The Hall–Kier alpha value is -3.73. The highest BCUT2D eigenvalue weighted by Crippen LogP contribution is 2.39. The van der Waals surface area contributed by atoms with E-state index in [-0.39, 0.29) is 35.8 Å². The lowest BCUT2D eigenvalue weighted by molar-refractivity contribution is -0.137. The van der Waals surface area contributed by atoms with E-state index in [0.29, 0.717) is 30.8 Å². The number of aromatic nitrogens is 2. The van der Waals surface area contributed by atoms with E-state index in [4.69, 9.17) is 10.5 Å². The van der Waals surface area contributed by atoms with Gasteiger partial charge < -0.3 is 15.4 Å². The van der Waals surface area contributed by atoms with E-state index in [2.05, 4.69) is 20.9 Å². The van der Waals surface area contributed by atoms with Crippen molar-refractivity contribution in [3.63, 3.8) is 0 Å². The van der Waals surface area contributed by atoms with Crippen molar-refractivity contribution >= 4 is 33.2 Å². The molecule has 2 aliphatic heterocycles. The number of hydrogen-bond acceptors (Lipinski definition) is 8. The molecule has 2 aliphatic rings. The van der Waals surface area contributed by atoms with Gasteiger partial charge in [0.05, 0.1) is 20.8 Å². The predicted molar refractivity (Wildman–Crippen MR) is 152 cm³/mol. The minimum Gasteiger partial charge on any atom is -0.453 e. The second kappa shape index (κ2) is 11.0. The Morgan fingerprint density at radius 1 is 1.05 bits per heavy atom. The fourth-order valence-corrected chi connectivity index (χ4v) is 6.26. The zero-order valence-corrected chi connectivity index (χ0v) is 23.0. The summed E-state index contributed by atoms with van der Waals surface area (Å²) in [5.41, 5.74) is 9.20. The fourth-order valence-electron chi connectivity index (χ4n) is 5.22. The number of nitrogens with two attached hydrogens (primary N) is 1. The van der Waals surface area contributed by atoms with E-state index in [1.54, 1.807) is 29.3 Å². The van der Waals surface area contributed by atoms with E-state index in [1.807, 2.05) is 18.3 Å². The number of Topliss-reactive ketones (excluding diaryl/α,β-unsaturated/α-hetero) is 1. The van der Waals surface area contributed by atoms with Crippen LogP contribution in [-0.2, 0) is 22.6 Å². The molecule has 6 rings (SSSR count). The lowest BCUT2D eigenvalue weighted by Gasteiger charge is -2.38. The number of pyridine rings is 2. The van der Waals surface area contributed by atoms with Crippen LogP contribution >= 0.6 is 11.3 Å². The maximum absolute atomic E-state index is 15.0. The van der Waals surface area contributed by atoms with Gasteiger partial charge in [-0.05, 0) is 35.4 Å². The lowest BCUT2D eigenvalue weighted by atomic mass is 9.92. The number of ether oxygens (including phenoxy) is 1. The van der Waals surface area contributed by atoms with Crippen molar-refractivity contribution in [2.75, 3.05) is 26.2 Å². The number of fused-ring (bicyclic) bond motifs is 1. The van der Waals surface area contributed by atoms with Crippen LogP contribution in [0.1, 0.15) is 24.5 Å². The first-order valence-corrected chi connectivity index (χ1v) is 14.2. The van der Waals surface area contributed by atoms with Gasteiger partial charge in [0.2, 0.25) is 5.91 Å². The Balaban J connectivity index is 1.11. The standard InChI is InChI=1S/C30H30FN5O3S/c1-18(37)36-14-21(15-36)9-23(38)8-19-3-5-27(24(31)10-19)39-28-6-7-33-26-11-29(40-30(26)28)25-4-2-20(12-34-25)13-35-16-22(32)17-35/h2-7,10-12,21-22H,8-9,13-17,32H2,1H3. The fraction of sp³-hybridized carbons (Fsp3) is 0.333. The van der Waals surface area contributed by atoms with Crippen LogP contribution in [0.4, 0.5) is 4.39 Å². The molecule has 0 aliphatic carbocycles. The van der Waals surface area contributed by atoms with Crippen LogP contribution in [0.25, 0.3) is 20.8 Å². The average molecular weight is 560 g/mol. The summed E-state index contributed by atoms with van der Waals surface area (Å²) >= 11 is 1.50. The number of thiophene rings is 1. The number of carbonyl (C=O) groups is 2. The Labute approximate surface area is 235 Å². The summed E-state index contributed by atoms with van der Waals surface area (Å²) in [5.74, 6) is 0.318. The molecule has 0 radical (unpaired) electrons. The third-order valence-corrected chi connectivity index (χ3v) is 8.54. The first-order valence-electron chi connectivity index (χ1n) is 13.4. The lowest BCUT2D eigenvalue weighted by Crippen LogP contribution is -2.54. The van der Waals surface area contributed by atoms with E-state index in [0.717, 1.165) is 46.0 Å². The Bertz CT molecular complexity index is 1560. The van der Waals surface area contributed by atoms with Crippen LogP contribution in [0.15, 0.2) is 54.9 Å². The number of likely N-dealkylation sites (tertiary alicyclic amines) is 2. The molecule has 0 atom stereocenters. The number of benzene rings is 1. The van der Waals surface area contributed by atoms with Crippen LogP contribution in [0, 0.1) is 11.7 Å². The Morgan fingerprint density at radius 2 is 1.85 bits per heavy atom. The predicted octanol–water partition coefficient (Wildman–Crippen LogP) is 4.41. The van der Waals surface area contributed by atoms with Gasteiger partial charge in [0, 0.05) is 82.9 Å². The smallest absolute Gasteiger partial charge is 0.219 e. The summed E-state index contributed by atoms with van der Waals surface area (Å²) in [6, 6.07) is 12.7. The molecule has 0 saturated carbocycles. The molecule has 5 heterocycles. The topological polar surface area (TPSA) is 102 Å². The van der Waals surface area contributed by atoms with E-state index >= 15 is 4.39 Å². The van der Waals surface area contributed by atoms with E-state index in [1.165, 1.54) is 24.3 Å². The molecule has 0 spiro atoms. The highest BCUT2D eigenvalue weighted by molar-refractivity contribution is 7.22. The SMILES string of the molecule is CC(=O)N1CC(CC(=O)Cc2ccc(Oc3ccnc4cc(-c5ccc(CN6CC(N)C6)cn5)sc34)c(F)c2)C1. The molecular weight excluding hydrogens is 529 g/mol. The molecule has 40 heavy (non-hydrogen) atoms.